The van der Waals surface area contributed by atoms with E-state index in [2.05, 4.69) is 20.9 Å². The van der Waals surface area contributed by atoms with E-state index in [-0.39, 0.29) is 0 Å². The van der Waals surface area contributed by atoms with Gasteiger partial charge in [0.25, 0.3) is 0 Å². The van der Waals surface area contributed by atoms with Crippen LogP contribution in [0.1, 0.15) is 0 Å². The summed E-state index contributed by atoms with van der Waals surface area (Å²) >= 11 is 3.42. The second-order valence-electron chi connectivity index (χ2n) is 2.76. The maximum atomic E-state index is 5.78. The molecule has 0 saturated heterocycles. The van der Waals surface area contributed by atoms with Crippen molar-refractivity contribution in [2.75, 3.05) is 11.5 Å². The van der Waals surface area contributed by atoms with E-state index in [1.807, 2.05) is 18.2 Å². The molecule has 0 unspecified atom stereocenters. The van der Waals surface area contributed by atoms with Gasteiger partial charge in [-0.2, -0.15) is 0 Å². The van der Waals surface area contributed by atoms with Gasteiger partial charge in [0.2, 0.25) is 0 Å². The highest BCUT2D eigenvalue weighted by molar-refractivity contribution is 9.10. The Hall–Kier alpha value is -1.29. The Balaban J connectivity index is 3.00. The van der Waals surface area contributed by atoms with Crippen molar-refractivity contribution < 1.29 is 0 Å². The third-order valence-electron chi connectivity index (χ3n) is 1.92. The van der Waals surface area contributed by atoms with Gasteiger partial charge in [-0.1, -0.05) is 28.1 Å². The fourth-order valence-electron chi connectivity index (χ4n) is 1.30. The number of pyridine rings is 1. The van der Waals surface area contributed by atoms with E-state index in [9.17, 15) is 0 Å². The molecule has 0 saturated carbocycles. The first-order valence-electron chi connectivity index (χ1n) is 3.78. The summed E-state index contributed by atoms with van der Waals surface area (Å²) in [5, 5.41) is 1.81. The summed E-state index contributed by atoms with van der Waals surface area (Å²) in [4.78, 5) is 3.98. The Morgan fingerprint density at radius 2 is 2.00 bits per heavy atom. The van der Waals surface area contributed by atoms with E-state index in [4.69, 9.17) is 11.5 Å². The van der Waals surface area contributed by atoms with Crippen molar-refractivity contribution >= 4 is 38.2 Å². The van der Waals surface area contributed by atoms with Gasteiger partial charge in [0.15, 0.2) is 0 Å². The molecule has 66 valence electrons. The quantitative estimate of drug-likeness (QED) is 0.739. The molecule has 0 spiro atoms. The molecule has 13 heavy (non-hydrogen) atoms. The summed E-state index contributed by atoms with van der Waals surface area (Å²) in [6.45, 7) is 0. The summed E-state index contributed by atoms with van der Waals surface area (Å²) in [6.07, 6.45) is 1.57. The molecule has 0 bridgehead atoms. The lowest BCUT2D eigenvalue weighted by atomic mass is 10.1. The normalized spacial score (nSPS) is 10.5. The van der Waals surface area contributed by atoms with Gasteiger partial charge >= 0.3 is 0 Å². The van der Waals surface area contributed by atoms with Crippen LogP contribution in [0.2, 0.25) is 0 Å². The molecule has 4 heteroatoms. The van der Waals surface area contributed by atoms with Gasteiger partial charge in [0.1, 0.15) is 5.82 Å². The SMILES string of the molecule is Nc1ncc(N)c2c(Br)cccc12. The van der Waals surface area contributed by atoms with Gasteiger partial charge in [0.05, 0.1) is 11.9 Å². The van der Waals surface area contributed by atoms with Crippen molar-refractivity contribution in [3.8, 4) is 0 Å². The summed E-state index contributed by atoms with van der Waals surface area (Å²) in [6, 6.07) is 5.74. The molecule has 0 fully saturated rings. The van der Waals surface area contributed by atoms with Gasteiger partial charge in [0, 0.05) is 15.2 Å². The molecular weight excluding hydrogens is 230 g/mol. The van der Waals surface area contributed by atoms with Crippen molar-refractivity contribution in [1.29, 1.82) is 0 Å². The van der Waals surface area contributed by atoms with Crippen molar-refractivity contribution in [3.63, 3.8) is 0 Å². The van der Waals surface area contributed by atoms with Crippen LogP contribution in [0, 0.1) is 0 Å². The number of nitrogen functional groups attached to an aromatic ring is 2. The number of nitrogens with zero attached hydrogens (tertiary/aromatic N) is 1. The Morgan fingerprint density at radius 3 is 2.69 bits per heavy atom. The minimum absolute atomic E-state index is 0.505. The third-order valence-corrected chi connectivity index (χ3v) is 2.58. The van der Waals surface area contributed by atoms with Crippen LogP contribution >= 0.6 is 15.9 Å². The molecule has 0 atom stereocenters. The molecule has 0 radical (unpaired) electrons. The predicted octanol–water partition coefficient (Wildman–Crippen LogP) is 2.16. The first-order chi connectivity index (χ1) is 6.20. The van der Waals surface area contributed by atoms with E-state index < -0.39 is 0 Å². The molecule has 2 rings (SSSR count). The van der Waals surface area contributed by atoms with E-state index in [0.717, 1.165) is 15.2 Å². The molecule has 1 heterocycles. The van der Waals surface area contributed by atoms with Gasteiger partial charge in [-0.05, 0) is 6.07 Å². The van der Waals surface area contributed by atoms with Crippen LogP contribution in [0.4, 0.5) is 11.5 Å². The second kappa shape index (κ2) is 2.88. The number of aromatic nitrogens is 1. The molecule has 1 aromatic heterocycles. The summed E-state index contributed by atoms with van der Waals surface area (Å²) in [7, 11) is 0. The Labute approximate surface area is 83.9 Å². The lowest BCUT2D eigenvalue weighted by molar-refractivity contribution is 1.37. The predicted molar refractivity (Wildman–Crippen MR) is 58.3 cm³/mol. The average Bonchev–Trinajstić information content (AvgIpc) is 2.12. The number of hydrogen-bond donors (Lipinski definition) is 2. The number of rotatable bonds is 0. The molecule has 2 aromatic rings. The van der Waals surface area contributed by atoms with Crippen LogP contribution in [-0.2, 0) is 0 Å². The largest absolute Gasteiger partial charge is 0.397 e. The first-order valence-corrected chi connectivity index (χ1v) is 4.57. The molecule has 0 aliphatic rings. The van der Waals surface area contributed by atoms with Gasteiger partial charge in [-0.15, -0.1) is 0 Å². The number of fused-ring (bicyclic) bond motifs is 1. The number of benzene rings is 1. The molecule has 3 nitrogen and oxygen atoms in total. The van der Waals surface area contributed by atoms with Crippen LogP contribution in [0.15, 0.2) is 28.9 Å². The van der Waals surface area contributed by atoms with Crippen molar-refractivity contribution in [2.45, 2.75) is 0 Å². The van der Waals surface area contributed by atoms with Gasteiger partial charge in [-0.25, -0.2) is 4.98 Å². The summed E-state index contributed by atoms with van der Waals surface area (Å²) in [5.41, 5.74) is 12.1. The van der Waals surface area contributed by atoms with Crippen molar-refractivity contribution in [2.24, 2.45) is 0 Å². The minimum atomic E-state index is 0.505. The van der Waals surface area contributed by atoms with E-state index in [1.54, 1.807) is 6.20 Å². The Morgan fingerprint density at radius 1 is 1.23 bits per heavy atom. The van der Waals surface area contributed by atoms with E-state index >= 15 is 0 Å². The molecule has 4 N–H and O–H groups in total. The standard InChI is InChI=1S/C9H8BrN3/c10-6-3-1-2-5-8(6)7(11)4-13-9(5)12/h1-4H,11H2,(H2,12,13). The molecule has 0 amide bonds. The molecule has 0 aliphatic heterocycles. The highest BCUT2D eigenvalue weighted by Crippen LogP contribution is 2.30. The highest BCUT2D eigenvalue weighted by Gasteiger charge is 2.05. The number of halogens is 1. The number of anilines is 2. The van der Waals surface area contributed by atoms with Crippen molar-refractivity contribution in [3.05, 3.63) is 28.9 Å². The monoisotopic (exact) mass is 237 g/mol. The molecule has 1 aromatic carbocycles. The maximum Gasteiger partial charge on any atom is 0.131 e. The van der Waals surface area contributed by atoms with Crippen molar-refractivity contribution in [1.82, 2.24) is 4.98 Å². The fraction of sp³-hybridized carbons (Fsp3) is 0. The van der Waals surface area contributed by atoms with E-state index in [0.29, 0.717) is 11.5 Å². The highest BCUT2D eigenvalue weighted by atomic mass is 79.9. The smallest absolute Gasteiger partial charge is 0.131 e. The summed E-state index contributed by atoms with van der Waals surface area (Å²) in [5.74, 6) is 0.505. The fourth-order valence-corrected chi connectivity index (χ4v) is 1.90. The van der Waals surface area contributed by atoms with Crippen LogP contribution in [-0.4, -0.2) is 4.98 Å². The van der Waals surface area contributed by atoms with Crippen LogP contribution in [0.3, 0.4) is 0 Å². The number of hydrogen-bond acceptors (Lipinski definition) is 3. The summed E-state index contributed by atoms with van der Waals surface area (Å²) < 4.78 is 0.941. The second-order valence-corrected chi connectivity index (χ2v) is 3.62. The Bertz CT molecular complexity index is 459. The van der Waals surface area contributed by atoms with E-state index in [1.165, 1.54) is 0 Å². The zero-order valence-electron chi connectivity index (χ0n) is 6.79. The van der Waals surface area contributed by atoms with Gasteiger partial charge in [-0.3, -0.25) is 0 Å². The zero-order valence-corrected chi connectivity index (χ0v) is 8.38. The maximum absolute atomic E-state index is 5.78. The van der Waals surface area contributed by atoms with Crippen LogP contribution in [0.25, 0.3) is 10.8 Å². The lowest BCUT2D eigenvalue weighted by Crippen LogP contribution is -1.95. The third kappa shape index (κ3) is 1.23. The minimum Gasteiger partial charge on any atom is -0.397 e. The van der Waals surface area contributed by atoms with Crippen LogP contribution < -0.4 is 11.5 Å². The average molecular weight is 238 g/mol. The topological polar surface area (TPSA) is 64.9 Å². The lowest BCUT2D eigenvalue weighted by Gasteiger charge is -2.05. The molecule has 0 aliphatic carbocycles. The van der Waals surface area contributed by atoms with Gasteiger partial charge < -0.3 is 11.5 Å². The Kier molecular flexibility index (Phi) is 1.84. The van der Waals surface area contributed by atoms with Crippen LogP contribution in [0.5, 0.6) is 0 Å². The molecular formula is C9H8BrN3. The first kappa shape index (κ1) is 8.31. The zero-order chi connectivity index (χ0) is 9.42. The number of nitrogens with two attached hydrogens (primary N) is 2.